The molecule has 3 aliphatic carbocycles. The first-order valence-electron chi connectivity index (χ1n) is 6.68. The highest BCUT2D eigenvalue weighted by Gasteiger charge is 2.65. The molecule has 2 bridgehead atoms. The van der Waals surface area contributed by atoms with Crippen LogP contribution in [0.3, 0.4) is 0 Å². The van der Waals surface area contributed by atoms with Crippen LogP contribution in [0.5, 0.6) is 0 Å². The van der Waals surface area contributed by atoms with Gasteiger partial charge >= 0.3 is 0 Å². The van der Waals surface area contributed by atoms with E-state index in [1.165, 1.54) is 19.3 Å². The van der Waals surface area contributed by atoms with Gasteiger partial charge in [-0.1, -0.05) is 6.92 Å². The first-order valence-corrected chi connectivity index (χ1v) is 6.68. The van der Waals surface area contributed by atoms with Crippen LogP contribution in [0.2, 0.25) is 0 Å². The number of rotatable bonds is 5. The minimum Gasteiger partial charge on any atom is -0.372 e. The van der Waals surface area contributed by atoms with E-state index in [0.717, 1.165) is 30.1 Å². The van der Waals surface area contributed by atoms with Crippen molar-refractivity contribution in [2.45, 2.75) is 38.6 Å². The van der Waals surface area contributed by atoms with E-state index in [1.807, 2.05) is 0 Å². The zero-order valence-electron chi connectivity index (χ0n) is 9.95. The minimum atomic E-state index is 0.0900. The van der Waals surface area contributed by atoms with Crippen LogP contribution >= 0.6 is 0 Å². The highest BCUT2D eigenvalue weighted by molar-refractivity contribution is 5.78. The molecule has 0 aromatic rings. The molecule has 90 valence electrons. The fourth-order valence-electron chi connectivity index (χ4n) is 4.06. The van der Waals surface area contributed by atoms with Crippen LogP contribution in [0, 0.1) is 23.7 Å². The lowest BCUT2D eigenvalue weighted by Crippen LogP contribution is -2.33. The second-order valence-electron chi connectivity index (χ2n) is 5.63. The fraction of sp³-hybridized carbons (Fsp3) is 0.923. The molecule has 3 aliphatic rings. The molecule has 1 amide bonds. The van der Waals surface area contributed by atoms with Gasteiger partial charge in [0, 0.05) is 12.6 Å². The maximum atomic E-state index is 11.6. The van der Waals surface area contributed by atoms with Gasteiger partial charge in [-0.05, 0) is 49.4 Å². The molecule has 0 aromatic heterocycles. The molecule has 3 fully saturated rings. The number of hydrogen-bond acceptors (Lipinski definition) is 2. The number of nitrogens with one attached hydrogen (secondary N) is 1. The van der Waals surface area contributed by atoms with Crippen molar-refractivity contribution in [3.63, 3.8) is 0 Å². The quantitative estimate of drug-likeness (QED) is 0.719. The first kappa shape index (κ1) is 10.6. The van der Waals surface area contributed by atoms with Crippen LogP contribution in [0.15, 0.2) is 0 Å². The van der Waals surface area contributed by atoms with Gasteiger partial charge in [0.2, 0.25) is 5.91 Å². The Balaban J connectivity index is 1.43. The molecule has 3 rings (SSSR count). The summed E-state index contributed by atoms with van der Waals surface area (Å²) in [6.45, 7) is 3.00. The maximum absolute atomic E-state index is 11.6. The summed E-state index contributed by atoms with van der Waals surface area (Å²) in [5.41, 5.74) is 0. The van der Waals surface area contributed by atoms with Crippen LogP contribution < -0.4 is 5.32 Å². The van der Waals surface area contributed by atoms with Crippen LogP contribution in [0.25, 0.3) is 0 Å². The van der Waals surface area contributed by atoms with Crippen molar-refractivity contribution in [3.8, 4) is 0 Å². The van der Waals surface area contributed by atoms with E-state index in [4.69, 9.17) is 4.74 Å². The summed E-state index contributed by atoms with van der Waals surface area (Å²) in [5.74, 6) is 3.60. The number of fused-ring (bicyclic) bond motifs is 5. The molecule has 3 saturated carbocycles. The van der Waals surface area contributed by atoms with Crippen molar-refractivity contribution in [2.75, 3.05) is 13.2 Å². The van der Waals surface area contributed by atoms with Crippen molar-refractivity contribution >= 4 is 5.91 Å². The van der Waals surface area contributed by atoms with E-state index in [2.05, 4.69) is 12.2 Å². The zero-order valence-corrected chi connectivity index (χ0v) is 9.95. The minimum absolute atomic E-state index is 0.0900. The molecule has 0 radical (unpaired) electrons. The van der Waals surface area contributed by atoms with Crippen LogP contribution in [0.4, 0.5) is 0 Å². The van der Waals surface area contributed by atoms with Gasteiger partial charge < -0.3 is 10.1 Å². The molecule has 1 N–H and O–H groups in total. The molecule has 4 atom stereocenters. The Labute approximate surface area is 96.9 Å². The van der Waals surface area contributed by atoms with Gasteiger partial charge in [-0.2, -0.15) is 0 Å². The number of amides is 1. The molecule has 4 unspecified atom stereocenters. The van der Waals surface area contributed by atoms with Crippen molar-refractivity contribution in [1.82, 2.24) is 5.32 Å². The lowest BCUT2D eigenvalue weighted by atomic mass is 10.0. The molecular formula is C13H21NO2. The predicted molar refractivity (Wildman–Crippen MR) is 60.9 cm³/mol. The molecule has 0 saturated heterocycles. The summed E-state index contributed by atoms with van der Waals surface area (Å²) >= 11 is 0. The summed E-state index contributed by atoms with van der Waals surface area (Å²) in [7, 11) is 0. The van der Waals surface area contributed by atoms with Crippen LogP contribution in [0.1, 0.15) is 32.6 Å². The molecule has 0 heterocycles. The van der Waals surface area contributed by atoms with E-state index in [0.29, 0.717) is 12.6 Å². The first-order chi connectivity index (χ1) is 7.81. The maximum Gasteiger partial charge on any atom is 0.246 e. The van der Waals surface area contributed by atoms with E-state index in [1.54, 1.807) is 0 Å². The van der Waals surface area contributed by atoms with E-state index in [-0.39, 0.29) is 12.5 Å². The third-order valence-electron chi connectivity index (χ3n) is 4.64. The molecule has 16 heavy (non-hydrogen) atoms. The summed E-state index contributed by atoms with van der Waals surface area (Å²) < 4.78 is 5.25. The lowest BCUT2D eigenvalue weighted by molar-refractivity contribution is -0.126. The van der Waals surface area contributed by atoms with Gasteiger partial charge in [0.05, 0.1) is 0 Å². The van der Waals surface area contributed by atoms with Gasteiger partial charge in [0.25, 0.3) is 0 Å². The Kier molecular flexibility index (Phi) is 2.66. The molecule has 3 heteroatoms. The Morgan fingerprint density at radius 2 is 2.00 bits per heavy atom. The smallest absolute Gasteiger partial charge is 0.246 e. The SMILES string of the molecule is CCCOCC(=O)NC1C2C3CCC(C3)C12. The summed E-state index contributed by atoms with van der Waals surface area (Å²) in [5, 5.41) is 3.15. The summed E-state index contributed by atoms with van der Waals surface area (Å²) in [6.07, 6.45) is 5.23. The molecule has 3 nitrogen and oxygen atoms in total. The molecule has 0 aromatic carbocycles. The zero-order chi connectivity index (χ0) is 11.1. The van der Waals surface area contributed by atoms with E-state index >= 15 is 0 Å². The Hall–Kier alpha value is -0.570. The van der Waals surface area contributed by atoms with Gasteiger partial charge in [-0.3, -0.25) is 4.79 Å². The van der Waals surface area contributed by atoms with Gasteiger partial charge in [0.15, 0.2) is 0 Å². The average Bonchev–Trinajstić information content (AvgIpc) is 2.70. The number of carbonyl (C=O) groups excluding carboxylic acids is 1. The normalized spacial score (nSPS) is 43.2. The van der Waals surface area contributed by atoms with Crippen molar-refractivity contribution < 1.29 is 9.53 Å². The molecule has 0 spiro atoms. The van der Waals surface area contributed by atoms with Crippen molar-refractivity contribution in [1.29, 1.82) is 0 Å². The van der Waals surface area contributed by atoms with Crippen molar-refractivity contribution in [2.24, 2.45) is 23.7 Å². The third-order valence-corrected chi connectivity index (χ3v) is 4.64. The summed E-state index contributed by atoms with van der Waals surface area (Å²) in [4.78, 5) is 11.6. The van der Waals surface area contributed by atoms with Crippen LogP contribution in [-0.2, 0) is 9.53 Å². The standard InChI is InChI=1S/C13H21NO2/c1-2-5-16-7-10(15)14-13-11-8-3-4-9(6-8)12(11)13/h8-9,11-13H,2-7H2,1H3,(H,14,15). The highest BCUT2D eigenvalue weighted by Crippen LogP contribution is 2.65. The van der Waals surface area contributed by atoms with Gasteiger partial charge in [-0.15, -0.1) is 0 Å². The van der Waals surface area contributed by atoms with Gasteiger partial charge in [0.1, 0.15) is 6.61 Å². The highest BCUT2D eigenvalue weighted by atomic mass is 16.5. The Bertz CT molecular complexity index is 276. The van der Waals surface area contributed by atoms with Crippen LogP contribution in [-0.4, -0.2) is 25.2 Å². The second kappa shape index (κ2) is 4.02. The fourth-order valence-corrected chi connectivity index (χ4v) is 4.06. The predicted octanol–water partition coefficient (Wildman–Crippen LogP) is 1.57. The number of hydrogen-bond donors (Lipinski definition) is 1. The Morgan fingerprint density at radius 1 is 1.31 bits per heavy atom. The molecule has 0 aliphatic heterocycles. The summed E-state index contributed by atoms with van der Waals surface area (Å²) in [6, 6.07) is 0.504. The second-order valence-corrected chi connectivity index (χ2v) is 5.63. The van der Waals surface area contributed by atoms with Crippen molar-refractivity contribution in [3.05, 3.63) is 0 Å². The van der Waals surface area contributed by atoms with E-state index in [9.17, 15) is 4.79 Å². The topological polar surface area (TPSA) is 38.3 Å². The van der Waals surface area contributed by atoms with Gasteiger partial charge in [-0.25, -0.2) is 0 Å². The number of carbonyl (C=O) groups is 1. The molecular weight excluding hydrogens is 202 g/mol. The largest absolute Gasteiger partial charge is 0.372 e. The monoisotopic (exact) mass is 223 g/mol. The average molecular weight is 223 g/mol. The lowest BCUT2D eigenvalue weighted by Gasteiger charge is -2.10. The Morgan fingerprint density at radius 3 is 2.62 bits per heavy atom. The number of ether oxygens (including phenoxy) is 1. The van der Waals surface area contributed by atoms with E-state index < -0.39 is 0 Å². The third kappa shape index (κ3) is 1.65.